The van der Waals surface area contributed by atoms with E-state index >= 15 is 0 Å². The quantitative estimate of drug-likeness (QED) is 0.717. The Hall–Kier alpha value is -2.92. The van der Waals surface area contributed by atoms with E-state index in [2.05, 4.69) is 0 Å². The molecule has 0 amide bonds. The second-order valence-electron chi connectivity index (χ2n) is 6.64. The van der Waals surface area contributed by atoms with Crippen LogP contribution in [0, 0.1) is 6.92 Å². The summed E-state index contributed by atoms with van der Waals surface area (Å²) in [7, 11) is 0. The van der Waals surface area contributed by atoms with Crippen molar-refractivity contribution in [3.05, 3.63) is 76.1 Å². The molecule has 0 saturated carbocycles. The minimum atomic E-state index is -0.576. The molecule has 0 radical (unpaired) electrons. The Kier molecular flexibility index (Phi) is 4.09. The lowest BCUT2D eigenvalue weighted by Crippen LogP contribution is -2.26. The van der Waals surface area contributed by atoms with Crippen LogP contribution in [-0.2, 0) is 9.63 Å². The fraction of sp³-hybridized carbons (Fsp3) is 0.238. The van der Waals surface area contributed by atoms with Crippen LogP contribution in [-0.4, -0.2) is 11.9 Å². The van der Waals surface area contributed by atoms with Crippen LogP contribution in [0.25, 0.3) is 11.0 Å². The molecule has 0 unspecified atom stereocenters. The average molecular weight is 349 g/mol. The highest BCUT2D eigenvalue weighted by Crippen LogP contribution is 2.37. The molecule has 5 nitrogen and oxygen atoms in total. The maximum Gasteiger partial charge on any atom is 0.198 e. The number of anilines is 1. The minimum Gasteiger partial charge on any atom is -0.464 e. The Labute approximate surface area is 150 Å². The molecule has 26 heavy (non-hydrogen) atoms. The molecule has 3 aromatic rings. The number of carbonyl (C=O) groups excluding carboxylic acids is 1. The first-order chi connectivity index (χ1) is 12.5. The Balaban J connectivity index is 1.84. The molecule has 132 valence electrons. The third-order valence-electron chi connectivity index (χ3n) is 4.74. The molecule has 1 fully saturated rings. The number of hydrogen-bond acceptors (Lipinski definition) is 5. The van der Waals surface area contributed by atoms with E-state index in [-0.39, 0.29) is 17.3 Å². The number of rotatable bonds is 3. The van der Waals surface area contributed by atoms with Crippen LogP contribution < -0.4 is 10.5 Å². The monoisotopic (exact) mass is 349 g/mol. The van der Waals surface area contributed by atoms with E-state index in [1.807, 2.05) is 49.4 Å². The number of hydroxylamine groups is 1. The Morgan fingerprint density at radius 3 is 2.65 bits per heavy atom. The number of ketones is 1. The summed E-state index contributed by atoms with van der Waals surface area (Å²) in [6.45, 7) is 3.44. The van der Waals surface area contributed by atoms with Crippen molar-refractivity contribution in [3.8, 4) is 0 Å². The molecule has 1 aliphatic rings. The number of fused-ring (bicyclic) bond motifs is 1. The van der Waals surface area contributed by atoms with Crippen molar-refractivity contribution < 1.29 is 14.0 Å². The van der Waals surface area contributed by atoms with E-state index < -0.39 is 6.10 Å². The van der Waals surface area contributed by atoms with Gasteiger partial charge in [-0.1, -0.05) is 29.8 Å². The number of para-hydroxylation sites is 1. The summed E-state index contributed by atoms with van der Waals surface area (Å²) in [6, 6.07) is 14.6. The molecule has 0 N–H and O–H groups in total. The second kappa shape index (κ2) is 6.42. The molecule has 1 saturated heterocycles. The summed E-state index contributed by atoms with van der Waals surface area (Å²) in [5, 5.41) is 2.20. The predicted molar refractivity (Wildman–Crippen MR) is 99.1 cm³/mol. The van der Waals surface area contributed by atoms with E-state index in [9.17, 15) is 9.59 Å². The smallest absolute Gasteiger partial charge is 0.198 e. The van der Waals surface area contributed by atoms with Gasteiger partial charge in [0, 0.05) is 6.42 Å². The fourth-order valence-corrected chi connectivity index (χ4v) is 3.35. The zero-order valence-corrected chi connectivity index (χ0v) is 14.6. The third-order valence-corrected chi connectivity index (χ3v) is 4.74. The first kappa shape index (κ1) is 16.5. The number of nitrogens with zero attached hydrogens (tertiary/aromatic N) is 1. The number of benzene rings is 2. The van der Waals surface area contributed by atoms with Crippen LogP contribution in [0.3, 0.4) is 0 Å². The molecule has 1 aromatic heterocycles. The summed E-state index contributed by atoms with van der Waals surface area (Å²) in [4.78, 5) is 30.9. The van der Waals surface area contributed by atoms with Gasteiger partial charge in [-0.25, -0.2) is 5.06 Å². The van der Waals surface area contributed by atoms with Crippen molar-refractivity contribution in [2.24, 2.45) is 0 Å². The SMILES string of the molecule is CC(=O)[C@@H]1C[C@@H](c2coc3ccc(C)cc3c2=O)N(c2ccccc2)O1. The number of hydrogen-bond donors (Lipinski definition) is 0. The van der Waals surface area contributed by atoms with Crippen molar-refractivity contribution in [2.45, 2.75) is 32.4 Å². The standard InChI is InChI=1S/C21H19NO4/c1-13-8-9-19-16(10-13)21(24)17(12-25-19)18-11-20(14(2)23)26-22(18)15-6-4-3-5-7-15/h3-10,12,18,20H,11H2,1-2H3/t18-,20-/m0/s1. The van der Waals surface area contributed by atoms with Crippen molar-refractivity contribution >= 4 is 22.4 Å². The van der Waals surface area contributed by atoms with Gasteiger partial charge in [0.25, 0.3) is 0 Å². The normalized spacial score (nSPS) is 19.8. The Bertz CT molecular complexity index is 1030. The zero-order valence-electron chi connectivity index (χ0n) is 14.6. The molecule has 1 aliphatic heterocycles. The van der Waals surface area contributed by atoms with Crippen LogP contribution >= 0.6 is 0 Å². The molecule has 0 bridgehead atoms. The average Bonchev–Trinajstić information content (AvgIpc) is 3.09. The Morgan fingerprint density at radius 1 is 1.15 bits per heavy atom. The van der Waals surface area contributed by atoms with Crippen LogP contribution in [0.1, 0.15) is 30.5 Å². The highest BCUT2D eigenvalue weighted by Gasteiger charge is 2.39. The van der Waals surface area contributed by atoms with Crippen LogP contribution in [0.2, 0.25) is 0 Å². The number of aryl methyl sites for hydroxylation is 1. The molecule has 0 aliphatic carbocycles. The third kappa shape index (κ3) is 2.80. The molecule has 2 aromatic carbocycles. The molecular weight excluding hydrogens is 330 g/mol. The summed E-state index contributed by atoms with van der Waals surface area (Å²) >= 11 is 0. The van der Waals surface area contributed by atoms with Gasteiger partial charge in [-0.15, -0.1) is 0 Å². The summed E-state index contributed by atoms with van der Waals surface area (Å²) < 4.78 is 5.70. The van der Waals surface area contributed by atoms with Gasteiger partial charge in [0.1, 0.15) is 18.0 Å². The van der Waals surface area contributed by atoms with E-state index in [0.29, 0.717) is 23.0 Å². The maximum absolute atomic E-state index is 13.1. The van der Waals surface area contributed by atoms with Gasteiger partial charge in [-0.05, 0) is 38.1 Å². The highest BCUT2D eigenvalue weighted by atomic mass is 16.7. The molecule has 0 spiro atoms. The van der Waals surface area contributed by atoms with Crippen LogP contribution in [0.5, 0.6) is 0 Å². The van der Waals surface area contributed by atoms with Crippen LogP contribution in [0.4, 0.5) is 5.69 Å². The first-order valence-corrected chi connectivity index (χ1v) is 8.58. The lowest BCUT2D eigenvalue weighted by atomic mass is 9.99. The van der Waals surface area contributed by atoms with Gasteiger partial charge in [-0.3, -0.25) is 14.4 Å². The molecule has 4 rings (SSSR count). The van der Waals surface area contributed by atoms with Gasteiger partial charge >= 0.3 is 0 Å². The lowest BCUT2D eigenvalue weighted by molar-refractivity contribution is -0.126. The maximum atomic E-state index is 13.1. The summed E-state index contributed by atoms with van der Waals surface area (Å²) in [5.41, 5.74) is 2.75. The molecule has 2 heterocycles. The second-order valence-corrected chi connectivity index (χ2v) is 6.64. The molecular formula is C21H19NO4. The van der Waals surface area contributed by atoms with E-state index in [1.54, 1.807) is 11.1 Å². The van der Waals surface area contributed by atoms with E-state index in [4.69, 9.17) is 9.25 Å². The topological polar surface area (TPSA) is 59.8 Å². The summed E-state index contributed by atoms with van der Waals surface area (Å²) in [6.07, 6.45) is 1.33. The minimum absolute atomic E-state index is 0.0607. The van der Waals surface area contributed by atoms with Crippen molar-refractivity contribution in [1.29, 1.82) is 0 Å². The highest BCUT2D eigenvalue weighted by molar-refractivity contribution is 5.81. The van der Waals surface area contributed by atoms with Crippen LogP contribution in [0.15, 0.2) is 64.0 Å². The fourth-order valence-electron chi connectivity index (χ4n) is 3.35. The zero-order chi connectivity index (χ0) is 18.3. The van der Waals surface area contributed by atoms with Gasteiger partial charge in [0.15, 0.2) is 11.2 Å². The van der Waals surface area contributed by atoms with Gasteiger partial charge < -0.3 is 4.42 Å². The molecule has 5 heteroatoms. The largest absolute Gasteiger partial charge is 0.464 e. The number of carbonyl (C=O) groups is 1. The Morgan fingerprint density at radius 2 is 1.92 bits per heavy atom. The van der Waals surface area contributed by atoms with Gasteiger partial charge in [0.2, 0.25) is 0 Å². The first-order valence-electron chi connectivity index (χ1n) is 8.58. The summed E-state index contributed by atoms with van der Waals surface area (Å²) in [5.74, 6) is -0.0607. The van der Waals surface area contributed by atoms with E-state index in [0.717, 1.165) is 11.3 Å². The molecule has 2 atom stereocenters. The van der Waals surface area contributed by atoms with Crippen molar-refractivity contribution in [2.75, 3.05) is 5.06 Å². The van der Waals surface area contributed by atoms with Gasteiger partial charge in [-0.2, -0.15) is 0 Å². The van der Waals surface area contributed by atoms with E-state index in [1.165, 1.54) is 13.2 Å². The lowest BCUT2D eigenvalue weighted by Gasteiger charge is -2.24. The van der Waals surface area contributed by atoms with Crippen molar-refractivity contribution in [3.63, 3.8) is 0 Å². The van der Waals surface area contributed by atoms with Crippen molar-refractivity contribution in [1.82, 2.24) is 0 Å². The predicted octanol–water partition coefficient (Wildman–Crippen LogP) is 3.94. The van der Waals surface area contributed by atoms with Gasteiger partial charge in [0.05, 0.1) is 22.7 Å². The number of Topliss-reactive ketones (excluding diaryl/α,β-unsaturated/α-hetero) is 1.